The largest absolute Gasteiger partial charge is 0.370 e. The molecule has 1 aromatic carbocycles. The third kappa shape index (κ3) is 3.15. The molecule has 2 fully saturated rings. The number of hydrogen-bond acceptors (Lipinski definition) is 4. The van der Waals surface area contributed by atoms with Crippen molar-refractivity contribution in [1.29, 1.82) is 0 Å². The Kier molecular flexibility index (Phi) is 3.73. The first-order valence-corrected chi connectivity index (χ1v) is 9.12. The number of sulfone groups is 1. The minimum Gasteiger partial charge on any atom is -0.370 e. The van der Waals surface area contributed by atoms with Crippen LogP contribution in [0.25, 0.3) is 0 Å². The zero-order chi connectivity index (χ0) is 14.2. The number of rotatable bonds is 5. The summed E-state index contributed by atoms with van der Waals surface area (Å²) in [5, 5.41) is 3.53. The summed E-state index contributed by atoms with van der Waals surface area (Å²) in [6.07, 6.45) is 3.29. The second kappa shape index (κ2) is 5.37. The number of nitrogens with zero attached hydrogens (tertiary/aromatic N) is 1. The Morgan fingerprint density at radius 2 is 2.00 bits per heavy atom. The lowest BCUT2D eigenvalue weighted by Crippen LogP contribution is -2.33. The number of benzene rings is 1. The van der Waals surface area contributed by atoms with E-state index in [0.29, 0.717) is 11.8 Å². The Morgan fingerprint density at radius 3 is 2.65 bits per heavy atom. The monoisotopic (exact) mass is 294 g/mol. The van der Waals surface area contributed by atoms with E-state index in [1.807, 2.05) is 19.2 Å². The second-order valence-electron chi connectivity index (χ2n) is 5.95. The first-order chi connectivity index (χ1) is 9.55. The van der Waals surface area contributed by atoms with E-state index in [1.165, 1.54) is 18.4 Å². The van der Waals surface area contributed by atoms with Crippen molar-refractivity contribution < 1.29 is 8.42 Å². The van der Waals surface area contributed by atoms with Gasteiger partial charge in [-0.2, -0.15) is 0 Å². The van der Waals surface area contributed by atoms with Crippen molar-refractivity contribution in [3.05, 3.63) is 29.8 Å². The Balaban J connectivity index is 1.74. The third-order valence-electron chi connectivity index (χ3n) is 4.29. The Morgan fingerprint density at radius 1 is 1.25 bits per heavy atom. The van der Waals surface area contributed by atoms with Gasteiger partial charge in [-0.25, -0.2) is 8.42 Å². The molecule has 1 unspecified atom stereocenters. The Hall–Kier alpha value is -1.07. The van der Waals surface area contributed by atoms with Crippen LogP contribution in [-0.2, 0) is 16.4 Å². The molecule has 1 saturated heterocycles. The van der Waals surface area contributed by atoms with Gasteiger partial charge >= 0.3 is 0 Å². The number of anilines is 1. The molecule has 4 nitrogen and oxygen atoms in total. The van der Waals surface area contributed by atoms with Crippen molar-refractivity contribution in [3.63, 3.8) is 0 Å². The van der Waals surface area contributed by atoms with Gasteiger partial charge in [0.15, 0.2) is 9.84 Å². The van der Waals surface area contributed by atoms with Crippen LogP contribution in [0.15, 0.2) is 24.3 Å². The van der Waals surface area contributed by atoms with Gasteiger partial charge in [-0.1, -0.05) is 18.2 Å². The minimum absolute atomic E-state index is 0.113. The lowest BCUT2D eigenvalue weighted by Gasteiger charge is -2.28. The van der Waals surface area contributed by atoms with Gasteiger partial charge in [0.2, 0.25) is 0 Å². The molecule has 1 aliphatic heterocycles. The molecule has 1 N–H and O–H groups in total. The summed E-state index contributed by atoms with van der Waals surface area (Å²) in [6, 6.07) is 9.09. The maximum atomic E-state index is 11.6. The lowest BCUT2D eigenvalue weighted by atomic mass is 10.1. The van der Waals surface area contributed by atoms with Crippen LogP contribution in [0.4, 0.5) is 5.69 Å². The van der Waals surface area contributed by atoms with Crippen LogP contribution < -0.4 is 10.2 Å². The fraction of sp³-hybridized carbons (Fsp3) is 0.600. The zero-order valence-corrected chi connectivity index (χ0v) is 12.7. The quantitative estimate of drug-likeness (QED) is 0.895. The molecule has 0 amide bonds. The molecular weight excluding hydrogens is 272 g/mol. The van der Waals surface area contributed by atoms with Crippen LogP contribution >= 0.6 is 0 Å². The first kappa shape index (κ1) is 13.9. The van der Waals surface area contributed by atoms with E-state index in [2.05, 4.69) is 22.3 Å². The van der Waals surface area contributed by atoms with E-state index >= 15 is 0 Å². The molecule has 1 saturated carbocycles. The van der Waals surface area contributed by atoms with Crippen molar-refractivity contribution in [1.82, 2.24) is 5.32 Å². The fourth-order valence-electron chi connectivity index (χ4n) is 2.82. The summed E-state index contributed by atoms with van der Waals surface area (Å²) in [5.41, 5.74) is 2.41. The van der Waals surface area contributed by atoms with E-state index in [1.54, 1.807) is 0 Å². The summed E-state index contributed by atoms with van der Waals surface area (Å²) in [4.78, 5) is 2.15. The number of para-hydroxylation sites is 1. The molecule has 110 valence electrons. The Labute approximate surface area is 121 Å². The summed E-state index contributed by atoms with van der Waals surface area (Å²) < 4.78 is 23.3. The number of hydrogen-bond donors (Lipinski definition) is 1. The van der Waals surface area contributed by atoms with Crippen LogP contribution in [0, 0.1) is 0 Å². The van der Waals surface area contributed by atoms with Crippen LogP contribution in [-0.4, -0.2) is 39.1 Å². The lowest BCUT2D eigenvalue weighted by molar-refractivity contribution is 0.600. The van der Waals surface area contributed by atoms with Crippen LogP contribution in [0.3, 0.4) is 0 Å². The predicted octanol–water partition coefficient (Wildman–Crippen LogP) is 1.56. The maximum absolute atomic E-state index is 11.6. The fourth-order valence-corrected chi connectivity index (χ4v) is 4.60. The van der Waals surface area contributed by atoms with E-state index in [-0.39, 0.29) is 11.8 Å². The second-order valence-corrected chi connectivity index (χ2v) is 8.18. The van der Waals surface area contributed by atoms with Crippen LogP contribution in [0.1, 0.15) is 24.8 Å². The van der Waals surface area contributed by atoms with Gasteiger partial charge in [0, 0.05) is 31.4 Å². The van der Waals surface area contributed by atoms with E-state index in [0.717, 1.165) is 18.7 Å². The molecule has 0 spiro atoms. The normalized spacial score (nSPS) is 24.8. The summed E-state index contributed by atoms with van der Waals surface area (Å²) in [6.45, 7) is 0.866. The minimum atomic E-state index is -2.83. The predicted molar refractivity (Wildman–Crippen MR) is 81.8 cm³/mol. The van der Waals surface area contributed by atoms with Gasteiger partial charge in [0.05, 0.1) is 11.5 Å². The molecule has 20 heavy (non-hydrogen) atoms. The molecular formula is C15H22N2O2S. The molecule has 0 radical (unpaired) electrons. The maximum Gasteiger partial charge on any atom is 0.152 e. The van der Waals surface area contributed by atoms with Gasteiger partial charge in [-0.05, 0) is 30.9 Å². The Bertz CT molecular complexity index is 581. The highest BCUT2D eigenvalue weighted by Gasteiger charge is 2.31. The topological polar surface area (TPSA) is 49.4 Å². The first-order valence-electron chi connectivity index (χ1n) is 7.30. The zero-order valence-electron chi connectivity index (χ0n) is 11.9. The van der Waals surface area contributed by atoms with Crippen molar-refractivity contribution in [2.75, 3.05) is 23.5 Å². The molecule has 5 heteroatoms. The van der Waals surface area contributed by atoms with Crippen molar-refractivity contribution in [2.24, 2.45) is 0 Å². The van der Waals surface area contributed by atoms with Crippen molar-refractivity contribution in [3.8, 4) is 0 Å². The molecule has 1 heterocycles. The van der Waals surface area contributed by atoms with E-state index in [9.17, 15) is 8.42 Å². The average Bonchev–Trinajstić information content (AvgIpc) is 3.19. The molecule has 0 aromatic heterocycles. The van der Waals surface area contributed by atoms with Crippen molar-refractivity contribution >= 4 is 15.5 Å². The summed E-state index contributed by atoms with van der Waals surface area (Å²) in [7, 11) is -0.819. The van der Waals surface area contributed by atoms with Crippen LogP contribution in [0.2, 0.25) is 0 Å². The third-order valence-corrected chi connectivity index (χ3v) is 6.04. The standard InChI is InChI=1S/C15H22N2O2S/c1-17(14-8-9-20(18,19)11-14)15-5-3-2-4-12(15)10-16-13-6-7-13/h2-5,13-14,16H,6-11H2,1H3. The summed E-state index contributed by atoms with van der Waals surface area (Å²) in [5.74, 6) is 0.610. The molecule has 1 aliphatic carbocycles. The van der Waals surface area contributed by atoms with Gasteiger partial charge in [0.25, 0.3) is 0 Å². The average molecular weight is 294 g/mol. The highest BCUT2D eigenvalue weighted by molar-refractivity contribution is 7.91. The van der Waals surface area contributed by atoms with Gasteiger partial charge < -0.3 is 10.2 Å². The summed E-state index contributed by atoms with van der Waals surface area (Å²) >= 11 is 0. The SMILES string of the molecule is CN(c1ccccc1CNC1CC1)C1CCS(=O)(=O)C1. The van der Waals surface area contributed by atoms with Gasteiger partial charge in [-0.15, -0.1) is 0 Å². The van der Waals surface area contributed by atoms with Crippen LogP contribution in [0.5, 0.6) is 0 Å². The smallest absolute Gasteiger partial charge is 0.152 e. The van der Waals surface area contributed by atoms with Crippen molar-refractivity contribution in [2.45, 2.75) is 37.9 Å². The van der Waals surface area contributed by atoms with E-state index < -0.39 is 9.84 Å². The highest BCUT2D eigenvalue weighted by atomic mass is 32.2. The highest BCUT2D eigenvalue weighted by Crippen LogP contribution is 2.27. The molecule has 2 aliphatic rings. The van der Waals surface area contributed by atoms with E-state index in [4.69, 9.17) is 0 Å². The van der Waals surface area contributed by atoms with Gasteiger partial charge in [0.1, 0.15) is 0 Å². The molecule has 0 bridgehead atoms. The molecule has 1 atom stereocenters. The molecule has 3 rings (SSSR count). The number of nitrogens with one attached hydrogen (secondary N) is 1. The van der Waals surface area contributed by atoms with Gasteiger partial charge in [-0.3, -0.25) is 0 Å². The molecule has 1 aromatic rings.